The van der Waals surface area contributed by atoms with Gasteiger partial charge in [-0.15, -0.1) is 10.2 Å². The van der Waals surface area contributed by atoms with Crippen LogP contribution in [0.5, 0.6) is 5.75 Å². The van der Waals surface area contributed by atoms with Crippen molar-refractivity contribution >= 4 is 39.8 Å². The SMILES string of the molecule is CCOc1ccccc1Nc1nnc(SCC(=O)NCc2ccccn2)s1. The van der Waals surface area contributed by atoms with Crippen LogP contribution in [0.3, 0.4) is 0 Å². The smallest absolute Gasteiger partial charge is 0.230 e. The summed E-state index contributed by atoms with van der Waals surface area (Å²) in [4.78, 5) is 16.1. The van der Waals surface area contributed by atoms with Gasteiger partial charge in [-0.3, -0.25) is 9.78 Å². The van der Waals surface area contributed by atoms with Gasteiger partial charge in [-0.25, -0.2) is 0 Å². The molecule has 3 aromatic rings. The van der Waals surface area contributed by atoms with Crippen LogP contribution in [-0.2, 0) is 11.3 Å². The van der Waals surface area contributed by atoms with Crippen molar-refractivity contribution in [3.8, 4) is 5.75 Å². The summed E-state index contributed by atoms with van der Waals surface area (Å²) in [5.41, 5.74) is 1.66. The molecule has 7 nitrogen and oxygen atoms in total. The van der Waals surface area contributed by atoms with Gasteiger partial charge in [-0.2, -0.15) is 0 Å². The second-order valence-electron chi connectivity index (χ2n) is 5.31. The molecule has 9 heteroatoms. The van der Waals surface area contributed by atoms with E-state index in [-0.39, 0.29) is 11.7 Å². The third kappa shape index (κ3) is 5.93. The number of nitrogens with one attached hydrogen (secondary N) is 2. The zero-order valence-electron chi connectivity index (χ0n) is 14.7. The lowest BCUT2D eigenvalue weighted by Crippen LogP contribution is -2.24. The summed E-state index contributed by atoms with van der Waals surface area (Å²) < 4.78 is 6.31. The fraction of sp³-hybridized carbons (Fsp3) is 0.222. The average molecular weight is 402 g/mol. The first-order chi connectivity index (χ1) is 13.2. The maximum atomic E-state index is 12.0. The number of thioether (sulfide) groups is 1. The molecule has 0 fully saturated rings. The number of anilines is 2. The third-order valence-corrected chi connectivity index (χ3v) is 5.33. The Balaban J connectivity index is 1.49. The number of carbonyl (C=O) groups is 1. The molecule has 0 unspecified atom stereocenters. The van der Waals surface area contributed by atoms with E-state index in [0.29, 0.717) is 18.3 Å². The highest BCUT2D eigenvalue weighted by Gasteiger charge is 2.10. The normalized spacial score (nSPS) is 10.4. The van der Waals surface area contributed by atoms with E-state index in [4.69, 9.17) is 4.74 Å². The van der Waals surface area contributed by atoms with Crippen LogP contribution < -0.4 is 15.4 Å². The number of aromatic nitrogens is 3. The van der Waals surface area contributed by atoms with Crippen molar-refractivity contribution in [3.63, 3.8) is 0 Å². The van der Waals surface area contributed by atoms with Gasteiger partial charge in [-0.1, -0.05) is 41.3 Å². The summed E-state index contributed by atoms with van der Waals surface area (Å²) in [7, 11) is 0. The maximum absolute atomic E-state index is 12.0. The van der Waals surface area contributed by atoms with Gasteiger partial charge in [-0.05, 0) is 31.2 Å². The lowest BCUT2D eigenvalue weighted by Gasteiger charge is -2.09. The van der Waals surface area contributed by atoms with Gasteiger partial charge in [0.05, 0.1) is 30.3 Å². The van der Waals surface area contributed by atoms with E-state index in [1.165, 1.54) is 23.1 Å². The number of benzene rings is 1. The number of nitrogens with zero attached hydrogens (tertiary/aromatic N) is 3. The average Bonchev–Trinajstić information content (AvgIpc) is 3.15. The van der Waals surface area contributed by atoms with Gasteiger partial charge in [0.1, 0.15) is 5.75 Å². The van der Waals surface area contributed by atoms with Crippen LogP contribution in [0.4, 0.5) is 10.8 Å². The molecule has 2 heterocycles. The summed E-state index contributed by atoms with van der Waals surface area (Å²) in [6.45, 7) is 2.94. The zero-order valence-corrected chi connectivity index (χ0v) is 16.3. The van der Waals surface area contributed by atoms with E-state index >= 15 is 0 Å². The number of hydrogen-bond acceptors (Lipinski definition) is 8. The van der Waals surface area contributed by atoms with Crippen molar-refractivity contribution in [3.05, 3.63) is 54.4 Å². The molecule has 140 valence electrons. The summed E-state index contributed by atoms with van der Waals surface area (Å²) in [6.07, 6.45) is 1.70. The monoisotopic (exact) mass is 401 g/mol. The Bertz CT molecular complexity index is 873. The molecule has 0 aliphatic heterocycles. The Kier molecular flexibility index (Phi) is 7.00. The number of pyridine rings is 1. The molecule has 2 aromatic heterocycles. The lowest BCUT2D eigenvalue weighted by molar-refractivity contribution is -0.118. The summed E-state index contributed by atoms with van der Waals surface area (Å²) in [5, 5.41) is 14.9. The summed E-state index contributed by atoms with van der Waals surface area (Å²) in [5.74, 6) is 0.965. The molecule has 0 radical (unpaired) electrons. The number of carbonyl (C=O) groups excluding carboxylic acids is 1. The molecule has 0 saturated carbocycles. The minimum atomic E-state index is -0.0722. The molecule has 0 aliphatic carbocycles. The van der Waals surface area contributed by atoms with Crippen LogP contribution in [-0.4, -0.2) is 33.4 Å². The Morgan fingerprint density at radius 1 is 1.19 bits per heavy atom. The van der Waals surface area contributed by atoms with E-state index in [9.17, 15) is 4.79 Å². The summed E-state index contributed by atoms with van der Waals surface area (Å²) in [6, 6.07) is 13.3. The van der Waals surface area contributed by atoms with Crippen molar-refractivity contribution in [1.82, 2.24) is 20.5 Å². The Hall–Kier alpha value is -2.65. The predicted octanol–water partition coefficient (Wildman–Crippen LogP) is 3.48. The van der Waals surface area contributed by atoms with Crippen LogP contribution in [0.1, 0.15) is 12.6 Å². The van der Waals surface area contributed by atoms with Gasteiger partial charge in [0.15, 0.2) is 4.34 Å². The van der Waals surface area contributed by atoms with Gasteiger partial charge in [0.25, 0.3) is 0 Å². The van der Waals surface area contributed by atoms with E-state index in [0.717, 1.165) is 21.5 Å². The second kappa shape index (κ2) is 9.89. The van der Waals surface area contributed by atoms with E-state index in [1.54, 1.807) is 6.20 Å². The number of amides is 1. The topological polar surface area (TPSA) is 89.0 Å². The Morgan fingerprint density at radius 2 is 2.04 bits per heavy atom. The Labute approximate surface area is 165 Å². The van der Waals surface area contributed by atoms with Crippen LogP contribution in [0.15, 0.2) is 53.0 Å². The molecule has 0 saturated heterocycles. The van der Waals surface area contributed by atoms with Crippen molar-refractivity contribution in [2.45, 2.75) is 17.8 Å². The van der Waals surface area contributed by atoms with Crippen molar-refractivity contribution in [2.24, 2.45) is 0 Å². The Morgan fingerprint density at radius 3 is 2.85 bits per heavy atom. The first kappa shape index (κ1) is 19.1. The zero-order chi connectivity index (χ0) is 18.9. The minimum Gasteiger partial charge on any atom is -0.492 e. The van der Waals surface area contributed by atoms with Gasteiger partial charge >= 0.3 is 0 Å². The lowest BCUT2D eigenvalue weighted by atomic mass is 10.3. The molecule has 1 amide bonds. The van der Waals surface area contributed by atoms with Gasteiger partial charge in [0, 0.05) is 6.20 Å². The highest BCUT2D eigenvalue weighted by molar-refractivity contribution is 8.01. The molecule has 0 atom stereocenters. The first-order valence-electron chi connectivity index (χ1n) is 8.36. The molecule has 0 spiro atoms. The molecule has 27 heavy (non-hydrogen) atoms. The van der Waals surface area contributed by atoms with E-state index < -0.39 is 0 Å². The molecule has 0 bridgehead atoms. The van der Waals surface area contributed by atoms with Gasteiger partial charge in [0.2, 0.25) is 11.0 Å². The van der Waals surface area contributed by atoms with Crippen LogP contribution in [0.2, 0.25) is 0 Å². The molecular formula is C18H19N5O2S2. The van der Waals surface area contributed by atoms with Crippen LogP contribution in [0, 0.1) is 0 Å². The standard InChI is InChI=1S/C18H19N5O2S2/c1-2-25-15-9-4-3-8-14(15)21-17-22-23-18(27-17)26-12-16(24)20-11-13-7-5-6-10-19-13/h3-10H,2,11-12H2,1H3,(H,20,24)(H,21,22). The molecule has 2 N–H and O–H groups in total. The van der Waals surface area contributed by atoms with Crippen LogP contribution in [0.25, 0.3) is 0 Å². The largest absolute Gasteiger partial charge is 0.492 e. The van der Waals surface area contributed by atoms with E-state index in [2.05, 4.69) is 25.8 Å². The first-order valence-corrected chi connectivity index (χ1v) is 10.2. The number of hydrogen-bond donors (Lipinski definition) is 2. The number of rotatable bonds is 9. The van der Waals surface area contributed by atoms with Crippen molar-refractivity contribution < 1.29 is 9.53 Å². The highest BCUT2D eigenvalue weighted by Crippen LogP contribution is 2.31. The number of ether oxygens (including phenoxy) is 1. The summed E-state index contributed by atoms with van der Waals surface area (Å²) >= 11 is 2.74. The highest BCUT2D eigenvalue weighted by atomic mass is 32.2. The van der Waals surface area contributed by atoms with Crippen molar-refractivity contribution in [1.29, 1.82) is 0 Å². The fourth-order valence-electron chi connectivity index (χ4n) is 2.16. The van der Waals surface area contributed by atoms with Crippen LogP contribution >= 0.6 is 23.1 Å². The molecule has 3 rings (SSSR count). The third-order valence-electron chi connectivity index (χ3n) is 3.35. The molecule has 0 aliphatic rings. The fourth-order valence-corrected chi connectivity index (χ4v) is 3.75. The maximum Gasteiger partial charge on any atom is 0.230 e. The van der Waals surface area contributed by atoms with Gasteiger partial charge < -0.3 is 15.4 Å². The quantitative estimate of drug-likeness (QED) is 0.531. The predicted molar refractivity (Wildman–Crippen MR) is 108 cm³/mol. The minimum absolute atomic E-state index is 0.0722. The number of para-hydroxylation sites is 2. The van der Waals surface area contributed by atoms with E-state index in [1.807, 2.05) is 49.4 Å². The molecular weight excluding hydrogens is 382 g/mol. The molecule has 1 aromatic carbocycles. The second-order valence-corrected chi connectivity index (χ2v) is 7.51. The van der Waals surface area contributed by atoms with Crippen molar-refractivity contribution in [2.75, 3.05) is 17.7 Å².